The van der Waals surface area contributed by atoms with Crippen LogP contribution in [0.15, 0.2) is 18.2 Å². The van der Waals surface area contributed by atoms with Crippen molar-refractivity contribution >= 4 is 23.4 Å². The molecule has 1 rings (SSSR count). The maximum atomic E-state index is 11.6. The Hall–Kier alpha value is -2.44. The lowest BCUT2D eigenvalue weighted by Crippen LogP contribution is -2.30. The summed E-state index contributed by atoms with van der Waals surface area (Å²) in [7, 11) is 0. The quantitative estimate of drug-likeness (QED) is 0.411. The highest BCUT2D eigenvalue weighted by Crippen LogP contribution is 2.26. The Labute approximate surface area is 124 Å². The molecule has 0 aromatic heterocycles. The Morgan fingerprint density at radius 3 is 2.14 bits per heavy atom. The molecular formula is C14H22N4O3. The monoisotopic (exact) mass is 294 g/mol. The number of aromatic hydroxyl groups is 1. The number of carbonyl (C=O) groups is 2. The van der Waals surface area contributed by atoms with Crippen molar-refractivity contribution in [3.05, 3.63) is 18.2 Å². The smallest absolute Gasteiger partial charge is 0.319 e. The van der Waals surface area contributed by atoms with E-state index < -0.39 is 6.03 Å². The lowest BCUT2D eigenvalue weighted by molar-refractivity contribution is 0.251. The molecule has 0 unspecified atom stereocenters. The van der Waals surface area contributed by atoms with Gasteiger partial charge in [0.05, 0.1) is 5.69 Å². The van der Waals surface area contributed by atoms with Crippen LogP contribution in [-0.4, -0.2) is 30.3 Å². The Balaban J connectivity index is 2.66. The summed E-state index contributed by atoms with van der Waals surface area (Å²) >= 11 is 0. The predicted octanol–water partition coefficient (Wildman–Crippen LogP) is 2.46. The van der Waals surface area contributed by atoms with E-state index in [1.54, 1.807) is 6.07 Å². The van der Waals surface area contributed by atoms with Crippen LogP contribution in [0.5, 0.6) is 5.75 Å². The van der Waals surface area contributed by atoms with E-state index in [2.05, 4.69) is 21.3 Å². The fourth-order valence-electron chi connectivity index (χ4n) is 1.53. The number of carbonyl (C=O) groups excluding carboxylic acids is 2. The van der Waals surface area contributed by atoms with Crippen molar-refractivity contribution in [3.63, 3.8) is 0 Å². The van der Waals surface area contributed by atoms with E-state index in [9.17, 15) is 14.7 Å². The summed E-state index contributed by atoms with van der Waals surface area (Å²) in [5.41, 5.74) is 0.712. The Morgan fingerprint density at radius 1 is 1.00 bits per heavy atom. The highest BCUT2D eigenvalue weighted by Gasteiger charge is 2.08. The van der Waals surface area contributed by atoms with Crippen LogP contribution in [0.3, 0.4) is 0 Å². The van der Waals surface area contributed by atoms with Gasteiger partial charge in [-0.3, -0.25) is 0 Å². The summed E-state index contributed by atoms with van der Waals surface area (Å²) in [6.07, 6.45) is 1.66. The molecule has 0 aliphatic carbocycles. The second-order valence-corrected chi connectivity index (χ2v) is 4.49. The molecule has 7 heteroatoms. The number of hydrogen-bond donors (Lipinski definition) is 5. The minimum atomic E-state index is -0.403. The van der Waals surface area contributed by atoms with Crippen LogP contribution in [0.25, 0.3) is 0 Å². The van der Waals surface area contributed by atoms with Crippen LogP contribution >= 0.6 is 0 Å². The molecule has 1 aromatic carbocycles. The summed E-state index contributed by atoms with van der Waals surface area (Å²) < 4.78 is 0. The van der Waals surface area contributed by atoms with Gasteiger partial charge < -0.3 is 26.4 Å². The van der Waals surface area contributed by atoms with Crippen LogP contribution in [0.2, 0.25) is 0 Å². The normalized spacial score (nSPS) is 9.81. The lowest BCUT2D eigenvalue weighted by atomic mass is 10.2. The average Bonchev–Trinajstić information content (AvgIpc) is 2.46. The second-order valence-electron chi connectivity index (χ2n) is 4.49. The largest absolute Gasteiger partial charge is 0.506 e. The highest BCUT2D eigenvalue weighted by molar-refractivity contribution is 5.94. The van der Waals surface area contributed by atoms with Crippen LogP contribution < -0.4 is 21.3 Å². The molecule has 4 amide bonds. The SMILES string of the molecule is CCCNC(=O)Nc1ccc(O)c(NC(=O)NCCC)c1. The molecule has 116 valence electrons. The number of rotatable bonds is 6. The topological polar surface area (TPSA) is 102 Å². The minimum Gasteiger partial charge on any atom is -0.506 e. The molecule has 0 aliphatic heterocycles. The fourth-order valence-corrected chi connectivity index (χ4v) is 1.53. The van der Waals surface area contributed by atoms with Crippen molar-refractivity contribution in [2.75, 3.05) is 23.7 Å². The summed E-state index contributed by atoms with van der Waals surface area (Å²) in [4.78, 5) is 23.1. The molecule has 7 nitrogen and oxygen atoms in total. The van der Waals surface area contributed by atoms with E-state index in [1.165, 1.54) is 12.1 Å². The molecule has 5 N–H and O–H groups in total. The summed E-state index contributed by atoms with van der Waals surface area (Å²) in [6.45, 7) is 5.02. The maximum Gasteiger partial charge on any atom is 0.319 e. The van der Waals surface area contributed by atoms with E-state index in [4.69, 9.17) is 0 Å². The van der Waals surface area contributed by atoms with E-state index >= 15 is 0 Å². The molecule has 0 bridgehead atoms. The number of nitrogens with one attached hydrogen (secondary N) is 4. The van der Waals surface area contributed by atoms with E-state index in [1.807, 2.05) is 13.8 Å². The molecule has 1 aromatic rings. The first-order valence-corrected chi connectivity index (χ1v) is 6.99. The number of amides is 4. The Bertz CT molecular complexity index is 491. The predicted molar refractivity (Wildman–Crippen MR) is 82.7 cm³/mol. The summed E-state index contributed by atoms with van der Waals surface area (Å²) in [5, 5.41) is 20.2. The van der Waals surface area contributed by atoms with Crippen molar-refractivity contribution in [3.8, 4) is 5.75 Å². The number of hydrogen-bond acceptors (Lipinski definition) is 3. The Morgan fingerprint density at radius 2 is 1.57 bits per heavy atom. The van der Waals surface area contributed by atoms with Gasteiger partial charge in [0.15, 0.2) is 0 Å². The van der Waals surface area contributed by atoms with Crippen molar-refractivity contribution in [1.29, 1.82) is 0 Å². The molecule has 21 heavy (non-hydrogen) atoms. The van der Waals surface area contributed by atoms with Crippen molar-refractivity contribution in [1.82, 2.24) is 10.6 Å². The molecule has 0 fully saturated rings. The zero-order valence-corrected chi connectivity index (χ0v) is 12.3. The fraction of sp³-hybridized carbons (Fsp3) is 0.429. The lowest BCUT2D eigenvalue weighted by Gasteiger charge is -2.11. The molecular weight excluding hydrogens is 272 g/mol. The molecule has 0 atom stereocenters. The van der Waals surface area contributed by atoms with Crippen LogP contribution in [0, 0.1) is 0 Å². The van der Waals surface area contributed by atoms with Gasteiger partial charge in [0.25, 0.3) is 0 Å². The standard InChI is InChI=1S/C14H22N4O3/c1-3-7-15-13(20)17-10-5-6-12(19)11(9-10)18-14(21)16-8-4-2/h5-6,9,19H,3-4,7-8H2,1-2H3,(H2,15,17,20)(H2,16,18,21). The van der Waals surface area contributed by atoms with Gasteiger partial charge in [-0.2, -0.15) is 0 Å². The van der Waals surface area contributed by atoms with Crippen LogP contribution in [0.4, 0.5) is 21.0 Å². The summed E-state index contributed by atoms with van der Waals surface area (Å²) in [5.74, 6) is -0.0684. The molecule has 0 saturated heterocycles. The average molecular weight is 294 g/mol. The van der Waals surface area contributed by atoms with Crippen molar-refractivity contribution in [2.24, 2.45) is 0 Å². The molecule has 0 heterocycles. The number of urea groups is 2. The van der Waals surface area contributed by atoms with Crippen LogP contribution in [-0.2, 0) is 0 Å². The third-order valence-electron chi connectivity index (χ3n) is 2.57. The molecule has 0 saturated carbocycles. The van der Waals surface area contributed by atoms with Gasteiger partial charge >= 0.3 is 12.1 Å². The highest BCUT2D eigenvalue weighted by atomic mass is 16.3. The number of benzene rings is 1. The third-order valence-corrected chi connectivity index (χ3v) is 2.57. The molecule has 0 radical (unpaired) electrons. The molecule has 0 aliphatic rings. The van der Waals surface area contributed by atoms with Gasteiger partial charge in [0, 0.05) is 18.8 Å². The van der Waals surface area contributed by atoms with Crippen LogP contribution in [0.1, 0.15) is 26.7 Å². The van der Waals surface area contributed by atoms with Crippen molar-refractivity contribution in [2.45, 2.75) is 26.7 Å². The van der Waals surface area contributed by atoms with E-state index in [0.717, 1.165) is 12.8 Å². The number of anilines is 2. The number of phenolic OH excluding ortho intramolecular Hbond substituents is 1. The maximum absolute atomic E-state index is 11.6. The first kappa shape index (κ1) is 16.6. The number of phenols is 1. The second kappa shape index (κ2) is 8.68. The van der Waals surface area contributed by atoms with Gasteiger partial charge in [-0.05, 0) is 31.0 Å². The first-order valence-electron chi connectivity index (χ1n) is 6.99. The van der Waals surface area contributed by atoms with Gasteiger partial charge in [0.1, 0.15) is 5.75 Å². The summed E-state index contributed by atoms with van der Waals surface area (Å²) in [6, 6.07) is 3.72. The third kappa shape index (κ3) is 6.03. The van der Waals surface area contributed by atoms with Gasteiger partial charge in [-0.25, -0.2) is 9.59 Å². The zero-order chi connectivity index (χ0) is 15.7. The van der Waals surface area contributed by atoms with Crippen molar-refractivity contribution < 1.29 is 14.7 Å². The first-order chi connectivity index (χ1) is 10.1. The van der Waals surface area contributed by atoms with Gasteiger partial charge in [0.2, 0.25) is 0 Å². The molecule has 0 spiro atoms. The van der Waals surface area contributed by atoms with E-state index in [-0.39, 0.29) is 17.5 Å². The minimum absolute atomic E-state index is 0.0684. The van der Waals surface area contributed by atoms with Gasteiger partial charge in [-0.15, -0.1) is 0 Å². The van der Waals surface area contributed by atoms with E-state index in [0.29, 0.717) is 18.8 Å². The van der Waals surface area contributed by atoms with Gasteiger partial charge in [-0.1, -0.05) is 13.8 Å². The zero-order valence-electron chi connectivity index (χ0n) is 12.3. The Kier molecular flexibility index (Phi) is 6.86.